The standard InChI is InChI=1S/C10H8N4O2/c11-4-8-3-7(1-2-12-8)6-14-9(15)5-13-10(14)16/h1-3H,5-6H2,(H,13,16). The molecule has 1 aliphatic rings. The first-order valence-corrected chi connectivity index (χ1v) is 4.64. The second-order valence-corrected chi connectivity index (χ2v) is 3.30. The van der Waals surface area contributed by atoms with E-state index in [-0.39, 0.29) is 24.7 Å². The van der Waals surface area contributed by atoms with Crippen LogP contribution in [0.3, 0.4) is 0 Å². The van der Waals surface area contributed by atoms with Gasteiger partial charge in [-0.1, -0.05) is 0 Å². The highest BCUT2D eigenvalue weighted by Crippen LogP contribution is 2.08. The summed E-state index contributed by atoms with van der Waals surface area (Å²) in [6.45, 7) is 0.205. The number of carbonyl (C=O) groups excluding carboxylic acids is 2. The number of nitrogens with one attached hydrogen (secondary N) is 1. The number of hydrogen-bond acceptors (Lipinski definition) is 4. The average Bonchev–Trinajstić information content (AvgIpc) is 2.61. The quantitative estimate of drug-likeness (QED) is 0.705. The van der Waals surface area contributed by atoms with Crippen LogP contribution in [0.1, 0.15) is 11.3 Å². The van der Waals surface area contributed by atoms with E-state index in [1.165, 1.54) is 6.20 Å². The molecule has 0 atom stereocenters. The van der Waals surface area contributed by atoms with Crippen molar-refractivity contribution in [1.29, 1.82) is 5.26 Å². The van der Waals surface area contributed by atoms with Crippen LogP contribution in [0.2, 0.25) is 0 Å². The van der Waals surface area contributed by atoms with Crippen molar-refractivity contribution in [2.45, 2.75) is 6.54 Å². The minimum Gasteiger partial charge on any atom is -0.329 e. The summed E-state index contributed by atoms with van der Waals surface area (Å²) >= 11 is 0. The van der Waals surface area contributed by atoms with Crippen LogP contribution >= 0.6 is 0 Å². The Bertz CT molecular complexity index is 476. The fourth-order valence-electron chi connectivity index (χ4n) is 1.43. The van der Waals surface area contributed by atoms with Gasteiger partial charge in [-0.25, -0.2) is 9.78 Å². The highest BCUT2D eigenvalue weighted by molar-refractivity contribution is 6.01. The summed E-state index contributed by atoms with van der Waals surface area (Å²) < 4.78 is 0. The number of nitriles is 1. The first-order chi connectivity index (χ1) is 7.70. The molecule has 1 aromatic heterocycles. The second-order valence-electron chi connectivity index (χ2n) is 3.30. The summed E-state index contributed by atoms with van der Waals surface area (Å²) in [7, 11) is 0. The monoisotopic (exact) mass is 216 g/mol. The van der Waals surface area contributed by atoms with Crippen molar-refractivity contribution in [3.8, 4) is 6.07 Å². The van der Waals surface area contributed by atoms with E-state index < -0.39 is 6.03 Å². The van der Waals surface area contributed by atoms with E-state index in [9.17, 15) is 9.59 Å². The van der Waals surface area contributed by atoms with E-state index in [4.69, 9.17) is 5.26 Å². The lowest BCUT2D eigenvalue weighted by Crippen LogP contribution is -2.30. The average molecular weight is 216 g/mol. The Kier molecular flexibility index (Phi) is 2.52. The third kappa shape index (κ3) is 1.83. The summed E-state index contributed by atoms with van der Waals surface area (Å²) in [6.07, 6.45) is 1.48. The summed E-state index contributed by atoms with van der Waals surface area (Å²) in [6, 6.07) is 4.72. The maximum absolute atomic E-state index is 11.3. The summed E-state index contributed by atoms with van der Waals surface area (Å²) in [5.41, 5.74) is 0.974. The van der Waals surface area contributed by atoms with Crippen molar-refractivity contribution in [3.05, 3.63) is 29.6 Å². The lowest BCUT2D eigenvalue weighted by atomic mass is 10.2. The highest BCUT2D eigenvalue weighted by atomic mass is 16.2. The van der Waals surface area contributed by atoms with Gasteiger partial charge in [-0.15, -0.1) is 0 Å². The normalized spacial score (nSPS) is 14.8. The van der Waals surface area contributed by atoms with Gasteiger partial charge in [0.25, 0.3) is 0 Å². The molecule has 0 radical (unpaired) electrons. The third-order valence-electron chi connectivity index (χ3n) is 2.22. The van der Waals surface area contributed by atoms with Crippen molar-refractivity contribution in [3.63, 3.8) is 0 Å². The Hall–Kier alpha value is -2.42. The maximum atomic E-state index is 11.3. The molecule has 6 heteroatoms. The number of imide groups is 1. The lowest BCUT2D eigenvalue weighted by molar-refractivity contribution is -0.125. The molecule has 0 aliphatic carbocycles. The third-order valence-corrected chi connectivity index (χ3v) is 2.22. The topological polar surface area (TPSA) is 86.1 Å². The molecule has 80 valence electrons. The molecule has 6 nitrogen and oxygen atoms in total. The van der Waals surface area contributed by atoms with E-state index in [1.807, 2.05) is 6.07 Å². The smallest absolute Gasteiger partial charge is 0.324 e. The Morgan fingerprint density at radius 2 is 2.38 bits per heavy atom. The number of amides is 3. The molecular formula is C10H8N4O2. The van der Waals surface area contributed by atoms with Crippen molar-refractivity contribution >= 4 is 11.9 Å². The summed E-state index contributed by atoms with van der Waals surface area (Å²) in [5.74, 6) is -0.264. The van der Waals surface area contributed by atoms with E-state index in [2.05, 4.69) is 10.3 Å². The molecule has 1 saturated heterocycles. The van der Waals surface area contributed by atoms with Gasteiger partial charge in [-0.3, -0.25) is 9.69 Å². The molecule has 0 unspecified atom stereocenters. The van der Waals surface area contributed by atoms with Crippen molar-refractivity contribution < 1.29 is 9.59 Å². The molecule has 3 amide bonds. The largest absolute Gasteiger partial charge is 0.329 e. The van der Waals surface area contributed by atoms with Crippen LogP contribution in [0.25, 0.3) is 0 Å². The van der Waals surface area contributed by atoms with Gasteiger partial charge in [0.1, 0.15) is 11.8 Å². The fraction of sp³-hybridized carbons (Fsp3) is 0.200. The van der Waals surface area contributed by atoms with Crippen molar-refractivity contribution in [2.75, 3.05) is 6.54 Å². The fourth-order valence-corrected chi connectivity index (χ4v) is 1.43. The molecule has 0 bridgehead atoms. The molecule has 0 aromatic carbocycles. The van der Waals surface area contributed by atoms with Gasteiger partial charge in [-0.2, -0.15) is 5.26 Å². The van der Waals surface area contributed by atoms with Gasteiger partial charge in [0, 0.05) is 6.20 Å². The molecule has 0 spiro atoms. The number of aromatic nitrogens is 1. The number of nitrogens with zero attached hydrogens (tertiary/aromatic N) is 3. The zero-order valence-electron chi connectivity index (χ0n) is 8.30. The van der Waals surface area contributed by atoms with E-state index >= 15 is 0 Å². The molecule has 2 heterocycles. The second kappa shape index (κ2) is 3.98. The summed E-state index contributed by atoms with van der Waals surface area (Å²) in [4.78, 5) is 27.5. The van der Waals surface area contributed by atoms with Crippen molar-refractivity contribution in [2.24, 2.45) is 0 Å². The predicted molar refractivity (Wildman–Crippen MR) is 52.9 cm³/mol. The van der Waals surface area contributed by atoms with Crippen LogP contribution < -0.4 is 5.32 Å². The van der Waals surface area contributed by atoms with Gasteiger partial charge in [0.05, 0.1) is 13.1 Å². The molecule has 1 fully saturated rings. The van der Waals surface area contributed by atoms with Gasteiger partial charge >= 0.3 is 6.03 Å². The molecule has 2 rings (SSSR count). The Morgan fingerprint density at radius 3 is 3.00 bits per heavy atom. The maximum Gasteiger partial charge on any atom is 0.324 e. The van der Waals surface area contributed by atoms with Crippen LogP contribution in [0.15, 0.2) is 18.3 Å². The molecule has 1 aliphatic heterocycles. The zero-order valence-corrected chi connectivity index (χ0v) is 8.30. The number of rotatable bonds is 2. The van der Waals surface area contributed by atoms with E-state index in [0.717, 1.165) is 4.90 Å². The molecular weight excluding hydrogens is 208 g/mol. The van der Waals surface area contributed by atoms with Gasteiger partial charge < -0.3 is 5.32 Å². The Labute approximate surface area is 91.5 Å². The van der Waals surface area contributed by atoms with Crippen LogP contribution in [0, 0.1) is 11.3 Å². The van der Waals surface area contributed by atoms with Gasteiger partial charge in [-0.05, 0) is 17.7 Å². The number of urea groups is 1. The van der Waals surface area contributed by atoms with E-state index in [1.54, 1.807) is 12.1 Å². The number of hydrogen-bond donors (Lipinski definition) is 1. The molecule has 16 heavy (non-hydrogen) atoms. The minimum absolute atomic E-state index is 0.0367. The van der Waals surface area contributed by atoms with Gasteiger partial charge in [0.2, 0.25) is 5.91 Å². The van der Waals surface area contributed by atoms with Crippen LogP contribution in [-0.2, 0) is 11.3 Å². The SMILES string of the molecule is N#Cc1cc(CN2C(=O)CNC2=O)ccn1. The van der Waals surface area contributed by atoms with Gasteiger partial charge in [0.15, 0.2) is 0 Å². The molecule has 1 N–H and O–H groups in total. The number of pyridine rings is 1. The van der Waals surface area contributed by atoms with Crippen LogP contribution in [-0.4, -0.2) is 28.4 Å². The zero-order chi connectivity index (χ0) is 11.5. The highest BCUT2D eigenvalue weighted by Gasteiger charge is 2.28. The minimum atomic E-state index is -0.402. The Balaban J connectivity index is 2.18. The van der Waals surface area contributed by atoms with E-state index in [0.29, 0.717) is 5.56 Å². The van der Waals surface area contributed by atoms with Crippen LogP contribution in [0.4, 0.5) is 4.79 Å². The predicted octanol–water partition coefficient (Wildman–Crippen LogP) is 0.00508. The molecule has 1 aromatic rings. The summed E-state index contributed by atoms with van der Waals surface area (Å²) in [5, 5.41) is 11.1. The Morgan fingerprint density at radius 1 is 1.56 bits per heavy atom. The first-order valence-electron chi connectivity index (χ1n) is 4.64. The lowest BCUT2D eigenvalue weighted by Gasteiger charge is -2.11. The van der Waals surface area contributed by atoms with Crippen molar-refractivity contribution in [1.82, 2.24) is 15.2 Å². The number of carbonyl (C=O) groups is 2. The van der Waals surface area contributed by atoms with Crippen LogP contribution in [0.5, 0.6) is 0 Å². The first kappa shape index (κ1) is 10.1. The molecule has 0 saturated carbocycles.